The Hall–Kier alpha value is -4.75. The lowest BCUT2D eigenvalue weighted by atomic mass is 9.81. The van der Waals surface area contributed by atoms with Crippen LogP contribution in [0.2, 0.25) is 0 Å². The van der Waals surface area contributed by atoms with Crippen molar-refractivity contribution in [2.24, 2.45) is 7.05 Å². The summed E-state index contributed by atoms with van der Waals surface area (Å²) in [7, 11) is 1.70. The summed E-state index contributed by atoms with van der Waals surface area (Å²) in [5, 5.41) is 1.41. The molecule has 2 aromatic heterocycles. The molecule has 0 unspecified atom stereocenters. The van der Waals surface area contributed by atoms with Crippen LogP contribution in [0.1, 0.15) is 59.6 Å². The van der Waals surface area contributed by atoms with Crippen molar-refractivity contribution >= 4 is 27.6 Å². The van der Waals surface area contributed by atoms with Gasteiger partial charge in [0.1, 0.15) is 25.4 Å². The first kappa shape index (κ1) is 24.8. The molecule has 4 aromatic carbocycles. The molecule has 0 radical (unpaired) electrons. The second kappa shape index (κ2) is 9.12. The number of nitrogens with zero attached hydrogens (tertiary/aromatic N) is 2. The fourth-order valence-corrected chi connectivity index (χ4v) is 6.76. The molecule has 0 saturated carbocycles. The smallest absolute Gasteiger partial charge is 0.219 e. The number of aryl methyl sites for hydroxylation is 1. The summed E-state index contributed by atoms with van der Waals surface area (Å²) in [6.07, 6.45) is 0.0165. The molecule has 0 saturated heterocycles. The Labute approximate surface area is 254 Å². The third-order valence-corrected chi connectivity index (χ3v) is 9.04. The maximum Gasteiger partial charge on any atom is 0.219 e. The molecule has 0 bridgehead atoms. The molecule has 1 aliphatic carbocycles. The lowest BCUT2D eigenvalue weighted by molar-refractivity contribution is -0.661. The van der Waals surface area contributed by atoms with Gasteiger partial charge in [0.25, 0.3) is 0 Å². The summed E-state index contributed by atoms with van der Waals surface area (Å²) < 4.78 is 42.1. The van der Waals surface area contributed by atoms with Gasteiger partial charge in [-0.25, -0.2) is 13.8 Å². The minimum Gasteiger partial charge on any atom is -0.456 e. The number of hydrogen-bond donors (Lipinski definition) is 0. The molecular formula is C39H34FN2O+. The standard InChI is InChI=1S/C39H34FN2O/c1-22-13-15-27-35-32(41-7)18-17-24(23-14-16-26-25-11-9-10-12-28(25)39(5,6)29(26)19-23)36(35)43-37(27)34(22)33-20-31(40)30(21-42(33)8)38(2,3)4/h9-21H,1-6,8H3/q+1/i20D,21D. The molecule has 0 spiro atoms. The van der Waals surface area contributed by atoms with Crippen molar-refractivity contribution in [2.75, 3.05) is 0 Å². The van der Waals surface area contributed by atoms with Crippen LogP contribution in [0.5, 0.6) is 0 Å². The largest absolute Gasteiger partial charge is 0.456 e. The Morgan fingerprint density at radius 1 is 0.930 bits per heavy atom. The third kappa shape index (κ3) is 3.88. The Balaban J connectivity index is 1.53. The fraction of sp³-hybridized carbons (Fsp3) is 0.231. The molecule has 0 amide bonds. The van der Waals surface area contributed by atoms with Crippen LogP contribution in [0.4, 0.5) is 10.1 Å². The van der Waals surface area contributed by atoms with E-state index in [1.54, 1.807) is 11.6 Å². The zero-order chi connectivity index (χ0) is 32.2. The number of pyridine rings is 1. The highest BCUT2D eigenvalue weighted by atomic mass is 19.1. The molecule has 0 fully saturated rings. The van der Waals surface area contributed by atoms with Crippen LogP contribution >= 0.6 is 0 Å². The van der Waals surface area contributed by atoms with Gasteiger partial charge in [0.2, 0.25) is 5.69 Å². The molecule has 6 aromatic rings. The van der Waals surface area contributed by atoms with E-state index in [1.807, 2.05) is 52.0 Å². The van der Waals surface area contributed by atoms with Crippen molar-refractivity contribution in [1.82, 2.24) is 0 Å². The van der Waals surface area contributed by atoms with E-state index in [9.17, 15) is 0 Å². The normalized spacial score (nSPS) is 14.4. The number of furan rings is 1. The topological polar surface area (TPSA) is 21.4 Å². The zero-order valence-corrected chi connectivity index (χ0v) is 25.5. The summed E-state index contributed by atoms with van der Waals surface area (Å²) in [6, 6.07) is 22.4. The number of halogens is 1. The third-order valence-electron chi connectivity index (χ3n) is 9.04. The van der Waals surface area contributed by atoms with E-state index < -0.39 is 11.2 Å². The van der Waals surface area contributed by atoms with Crippen LogP contribution in [0.25, 0.3) is 60.3 Å². The molecule has 1 aliphatic rings. The molecule has 43 heavy (non-hydrogen) atoms. The van der Waals surface area contributed by atoms with Gasteiger partial charge in [-0.15, -0.1) is 0 Å². The highest BCUT2D eigenvalue weighted by Gasteiger charge is 2.35. The second-order valence-corrected chi connectivity index (χ2v) is 13.2. The van der Waals surface area contributed by atoms with E-state index in [2.05, 4.69) is 61.2 Å². The Morgan fingerprint density at radius 2 is 1.65 bits per heavy atom. The van der Waals surface area contributed by atoms with Gasteiger partial charge in [0.05, 0.1) is 19.1 Å². The average molecular weight is 568 g/mol. The van der Waals surface area contributed by atoms with Gasteiger partial charge in [-0.3, -0.25) is 0 Å². The quantitative estimate of drug-likeness (QED) is 0.151. The van der Waals surface area contributed by atoms with Crippen LogP contribution in [-0.2, 0) is 17.9 Å². The van der Waals surface area contributed by atoms with Crippen LogP contribution in [0.3, 0.4) is 0 Å². The Bertz CT molecular complexity index is 2270. The van der Waals surface area contributed by atoms with Gasteiger partial charge in [-0.05, 0) is 51.8 Å². The molecule has 3 nitrogen and oxygen atoms in total. The van der Waals surface area contributed by atoms with E-state index in [4.69, 9.17) is 13.7 Å². The van der Waals surface area contributed by atoms with Gasteiger partial charge >= 0.3 is 0 Å². The monoisotopic (exact) mass is 567 g/mol. The highest BCUT2D eigenvalue weighted by molar-refractivity contribution is 6.18. The lowest BCUT2D eigenvalue weighted by Crippen LogP contribution is -2.34. The number of fused-ring (bicyclic) bond motifs is 6. The summed E-state index contributed by atoms with van der Waals surface area (Å²) in [5.74, 6) is -0.697. The van der Waals surface area contributed by atoms with Crippen LogP contribution < -0.4 is 4.57 Å². The minimum atomic E-state index is -0.697. The molecule has 7 rings (SSSR count). The maximum atomic E-state index is 15.9. The predicted octanol–water partition coefficient (Wildman–Crippen LogP) is 10.3. The zero-order valence-electron chi connectivity index (χ0n) is 27.5. The van der Waals surface area contributed by atoms with Crippen molar-refractivity contribution in [2.45, 2.75) is 52.4 Å². The van der Waals surface area contributed by atoms with Gasteiger partial charge < -0.3 is 4.42 Å². The number of hydrogen-bond acceptors (Lipinski definition) is 1. The molecule has 212 valence electrons. The molecule has 4 heteroatoms. The first-order chi connectivity index (χ1) is 21.3. The van der Waals surface area contributed by atoms with Crippen molar-refractivity contribution < 1.29 is 16.1 Å². The molecular weight excluding hydrogens is 531 g/mol. The summed E-state index contributed by atoms with van der Waals surface area (Å²) in [5.41, 5.74) is 9.34. The number of aromatic nitrogens is 1. The molecule has 0 atom stereocenters. The molecule has 0 N–H and O–H groups in total. The number of benzene rings is 4. The van der Waals surface area contributed by atoms with Crippen LogP contribution in [0.15, 0.2) is 83.4 Å². The van der Waals surface area contributed by atoms with E-state index in [-0.39, 0.29) is 28.9 Å². The van der Waals surface area contributed by atoms with E-state index in [1.165, 1.54) is 22.3 Å². The maximum absolute atomic E-state index is 15.9. The molecule has 2 heterocycles. The van der Waals surface area contributed by atoms with Gasteiger partial charge in [0.15, 0.2) is 11.9 Å². The van der Waals surface area contributed by atoms with Crippen LogP contribution in [-0.4, -0.2) is 0 Å². The summed E-state index contributed by atoms with van der Waals surface area (Å²) in [4.78, 5) is 3.85. The SMILES string of the molecule is [2H]c1c(F)c(C(C)(C)C)c([2H])[n+](C)c1-c1c(C)ccc2c1oc1c(-c3ccc4c(c3)C(C)(C)c3ccccc3-4)ccc([N+]#[C-])c12. The minimum absolute atomic E-state index is 0.0165. The van der Waals surface area contributed by atoms with Crippen molar-refractivity contribution in [3.05, 3.63) is 118 Å². The van der Waals surface area contributed by atoms with Crippen molar-refractivity contribution in [3.63, 3.8) is 0 Å². The number of rotatable bonds is 2. The van der Waals surface area contributed by atoms with Gasteiger partial charge in [-0.2, -0.15) is 0 Å². The lowest BCUT2D eigenvalue weighted by Gasteiger charge is -2.22. The molecule has 0 aliphatic heterocycles. The summed E-state index contributed by atoms with van der Waals surface area (Å²) >= 11 is 0. The first-order valence-electron chi connectivity index (χ1n) is 15.6. The van der Waals surface area contributed by atoms with E-state index >= 15 is 4.39 Å². The Morgan fingerprint density at radius 3 is 2.40 bits per heavy atom. The summed E-state index contributed by atoms with van der Waals surface area (Å²) in [6.45, 7) is 19.9. The predicted molar refractivity (Wildman–Crippen MR) is 173 cm³/mol. The average Bonchev–Trinajstić information content (AvgIpc) is 3.49. The Kier molecular flexibility index (Phi) is 5.26. The van der Waals surface area contributed by atoms with Crippen molar-refractivity contribution in [3.8, 4) is 33.5 Å². The first-order valence-corrected chi connectivity index (χ1v) is 14.6. The van der Waals surface area contributed by atoms with Gasteiger partial charge in [0, 0.05) is 27.8 Å². The van der Waals surface area contributed by atoms with Crippen LogP contribution in [0, 0.1) is 19.3 Å². The highest BCUT2D eigenvalue weighted by Crippen LogP contribution is 2.51. The van der Waals surface area contributed by atoms with E-state index in [0.29, 0.717) is 27.8 Å². The van der Waals surface area contributed by atoms with Crippen molar-refractivity contribution in [1.29, 1.82) is 0 Å². The second-order valence-electron chi connectivity index (χ2n) is 13.2. The van der Waals surface area contributed by atoms with Gasteiger partial charge in [-0.1, -0.05) is 95.3 Å². The van der Waals surface area contributed by atoms with E-state index in [0.717, 1.165) is 22.1 Å². The fourth-order valence-electron chi connectivity index (χ4n) is 6.76.